The highest BCUT2D eigenvalue weighted by Crippen LogP contribution is 2.65. The molecular formula is C43H51NO13. The molecule has 0 radical (unpaired) electrons. The van der Waals surface area contributed by atoms with Gasteiger partial charge in [0, 0.05) is 31.1 Å². The first-order valence-electron chi connectivity index (χ1n) is 19.2. The second kappa shape index (κ2) is 15.0. The predicted octanol–water partition coefficient (Wildman–Crippen LogP) is 5.12. The van der Waals surface area contributed by atoms with Gasteiger partial charge >= 0.3 is 30.0 Å². The molecule has 2 aromatic carbocycles. The van der Waals surface area contributed by atoms with Crippen LogP contribution in [0.1, 0.15) is 90.2 Å². The Morgan fingerprint density at radius 2 is 1.53 bits per heavy atom. The minimum Gasteiger partial charge on any atom is -0.465 e. The molecule has 1 amide bonds. The van der Waals surface area contributed by atoms with Gasteiger partial charge in [-0.3, -0.25) is 19.2 Å². The molecule has 3 aliphatic carbocycles. The number of hydrogen-bond donors (Lipinski definition) is 3. The summed E-state index contributed by atoms with van der Waals surface area (Å²) in [6, 6.07) is 15.6. The Bertz CT molecular complexity index is 1980. The van der Waals surface area contributed by atoms with Crippen LogP contribution in [0.3, 0.4) is 0 Å². The van der Waals surface area contributed by atoms with E-state index in [9.17, 15) is 34.2 Å². The summed E-state index contributed by atoms with van der Waals surface area (Å²) in [6.07, 6.45) is -6.77. The van der Waals surface area contributed by atoms with E-state index in [1.807, 2.05) is 6.92 Å². The molecule has 2 bridgehead atoms. The van der Waals surface area contributed by atoms with E-state index in [2.05, 4.69) is 5.32 Å². The van der Waals surface area contributed by atoms with Crippen molar-refractivity contribution in [2.75, 3.05) is 6.61 Å². The number of carboxylic acid groups (broad SMARTS) is 1. The van der Waals surface area contributed by atoms with E-state index in [4.69, 9.17) is 23.7 Å². The summed E-state index contributed by atoms with van der Waals surface area (Å²) in [6.45, 7) is 12.1. The van der Waals surface area contributed by atoms with Gasteiger partial charge in [-0.15, -0.1) is 0 Å². The van der Waals surface area contributed by atoms with Crippen LogP contribution in [0.25, 0.3) is 0 Å². The Labute approximate surface area is 331 Å². The second-order valence-corrected chi connectivity index (χ2v) is 16.7. The molecular weight excluding hydrogens is 738 g/mol. The first kappa shape index (κ1) is 41.6. The molecule has 14 heteroatoms. The van der Waals surface area contributed by atoms with E-state index in [1.54, 1.807) is 88.4 Å². The molecule has 3 fully saturated rings. The van der Waals surface area contributed by atoms with Gasteiger partial charge in [-0.2, -0.15) is 0 Å². The summed E-state index contributed by atoms with van der Waals surface area (Å²) in [4.78, 5) is 81.8. The zero-order chi connectivity index (χ0) is 41.8. The van der Waals surface area contributed by atoms with Crippen molar-refractivity contribution in [2.24, 2.45) is 28.6 Å². The fourth-order valence-electron chi connectivity index (χ4n) is 9.99. The Kier molecular flexibility index (Phi) is 10.9. The van der Waals surface area contributed by atoms with Crippen molar-refractivity contribution in [1.29, 1.82) is 0 Å². The lowest BCUT2D eigenvalue weighted by Crippen LogP contribution is -2.80. The number of benzene rings is 2. The van der Waals surface area contributed by atoms with Crippen molar-refractivity contribution in [1.82, 2.24) is 5.32 Å². The molecule has 14 nitrogen and oxygen atoms in total. The minimum absolute atomic E-state index is 0.149. The van der Waals surface area contributed by atoms with Crippen molar-refractivity contribution < 1.29 is 62.7 Å². The predicted molar refractivity (Wildman–Crippen MR) is 201 cm³/mol. The summed E-state index contributed by atoms with van der Waals surface area (Å²) < 4.78 is 30.8. The Balaban J connectivity index is 1.57. The van der Waals surface area contributed by atoms with E-state index < -0.39 is 106 Å². The van der Waals surface area contributed by atoms with Gasteiger partial charge in [-0.25, -0.2) is 9.59 Å². The normalized spacial score (nSPS) is 33.7. The van der Waals surface area contributed by atoms with Crippen molar-refractivity contribution in [2.45, 2.75) is 110 Å². The average Bonchev–Trinajstić information content (AvgIpc) is 3.15. The van der Waals surface area contributed by atoms with Crippen LogP contribution >= 0.6 is 0 Å². The number of amides is 1. The highest BCUT2D eigenvalue weighted by atomic mass is 16.6. The maximum absolute atomic E-state index is 15.5. The number of carbonyl (C=O) groups excluding carboxylic acids is 5. The number of Topliss-reactive ketones (excluding diaryl/α,β-unsaturated/α-hetero) is 1. The minimum atomic E-state index is -2.21. The van der Waals surface area contributed by atoms with Gasteiger partial charge < -0.3 is 39.2 Å². The molecule has 1 aliphatic heterocycles. The van der Waals surface area contributed by atoms with Crippen molar-refractivity contribution in [3.05, 3.63) is 82.9 Å². The monoisotopic (exact) mass is 789 g/mol. The molecule has 2 aromatic rings. The molecule has 57 heavy (non-hydrogen) atoms. The lowest BCUT2D eigenvalue weighted by atomic mass is 9.43. The first-order valence-corrected chi connectivity index (χ1v) is 19.2. The van der Waals surface area contributed by atoms with Crippen molar-refractivity contribution in [3.8, 4) is 0 Å². The van der Waals surface area contributed by atoms with Gasteiger partial charge in [0.25, 0.3) is 0 Å². The molecule has 4 aliphatic rings. The summed E-state index contributed by atoms with van der Waals surface area (Å²) in [5, 5.41) is 25.8. The van der Waals surface area contributed by atoms with Gasteiger partial charge in [0.15, 0.2) is 17.5 Å². The first-order chi connectivity index (χ1) is 26.7. The highest BCUT2D eigenvalue weighted by Gasteiger charge is 2.77. The third-order valence-electron chi connectivity index (χ3n) is 13.2. The van der Waals surface area contributed by atoms with Gasteiger partial charge in [0.2, 0.25) is 0 Å². The summed E-state index contributed by atoms with van der Waals surface area (Å²) in [7, 11) is 0. The quantitative estimate of drug-likeness (QED) is 0.172. The van der Waals surface area contributed by atoms with Gasteiger partial charge in [0.1, 0.15) is 23.9 Å². The number of rotatable bonds is 9. The number of hydrogen-bond acceptors (Lipinski definition) is 12. The van der Waals surface area contributed by atoms with Crippen molar-refractivity contribution in [3.63, 3.8) is 0 Å². The van der Waals surface area contributed by atoms with E-state index in [0.29, 0.717) is 11.1 Å². The molecule has 1 heterocycles. The second-order valence-electron chi connectivity index (χ2n) is 16.7. The van der Waals surface area contributed by atoms with Crippen LogP contribution in [-0.2, 0) is 42.9 Å². The number of esters is 4. The summed E-state index contributed by atoms with van der Waals surface area (Å²) >= 11 is 0. The van der Waals surface area contributed by atoms with Crippen LogP contribution < -0.4 is 5.32 Å². The molecule has 3 N–H and O–H groups in total. The Morgan fingerprint density at radius 1 is 0.912 bits per heavy atom. The van der Waals surface area contributed by atoms with Crippen LogP contribution in [0.2, 0.25) is 0 Å². The molecule has 1 saturated heterocycles. The number of ketones is 1. The molecule has 306 valence electrons. The smallest absolute Gasteiger partial charge is 0.405 e. The van der Waals surface area contributed by atoms with Crippen LogP contribution in [0.5, 0.6) is 0 Å². The standard InChI is InChI=1S/C43H51NO13/c1-22-19-30-42(21-53-30,57-26(5)46)34-36(56-38(49)28-17-13-10-14-18-28)43(52)20-29(55-37(48)24(3)32(44-39(50)51)27-15-11-9-12-16-27)23(2)31(40(43,6)7)33(54-25(4)45)35(47)41(22,34)8/h9-18,22,24,29-30,32-34,36,44,52H,19-21H2,1-8H3,(H,50,51)/t22-,24+,29-,30+,32+,33+,34-,36-,41+,42-,43+/m0/s1. The van der Waals surface area contributed by atoms with Gasteiger partial charge in [-0.1, -0.05) is 76.2 Å². The SMILES string of the molecule is CC(=O)O[C@H]1C(=O)[C@@]2(C)[C@H]([C@H](OC(=O)c3ccccc3)[C@]3(O)C[C@H](OC(=O)[C@H](C)[C@@H](NC(=O)O)c4ccccc4)C(C)=C1C3(C)C)[C@]1(OC(C)=O)CO[C@@H]1C[C@@H]2C. The van der Waals surface area contributed by atoms with Gasteiger partial charge in [-0.05, 0) is 55.0 Å². The summed E-state index contributed by atoms with van der Waals surface area (Å²) in [5.41, 5.74) is -5.77. The fourth-order valence-corrected chi connectivity index (χ4v) is 9.99. The van der Waals surface area contributed by atoms with E-state index in [-0.39, 0.29) is 30.6 Å². The van der Waals surface area contributed by atoms with E-state index in [0.717, 1.165) is 6.92 Å². The molecule has 6 rings (SSSR count). The maximum atomic E-state index is 15.5. The third kappa shape index (κ3) is 6.79. The van der Waals surface area contributed by atoms with Crippen LogP contribution in [0, 0.1) is 28.6 Å². The zero-order valence-electron chi connectivity index (χ0n) is 33.4. The van der Waals surface area contributed by atoms with Crippen LogP contribution in [0.15, 0.2) is 71.8 Å². The summed E-state index contributed by atoms with van der Waals surface area (Å²) in [5.74, 6) is -6.63. The van der Waals surface area contributed by atoms with Crippen LogP contribution in [-0.4, -0.2) is 88.2 Å². The number of carbonyl (C=O) groups is 6. The van der Waals surface area contributed by atoms with Crippen molar-refractivity contribution >= 4 is 35.8 Å². The highest BCUT2D eigenvalue weighted by molar-refractivity contribution is 5.95. The number of fused-ring (bicyclic) bond motifs is 5. The lowest BCUT2D eigenvalue weighted by Gasteiger charge is -2.68. The number of aliphatic hydroxyl groups is 1. The molecule has 0 spiro atoms. The van der Waals surface area contributed by atoms with E-state index >= 15 is 4.79 Å². The lowest BCUT2D eigenvalue weighted by molar-refractivity contribution is -0.340. The number of nitrogens with one attached hydrogen (secondary N) is 1. The Morgan fingerprint density at radius 3 is 2.07 bits per heavy atom. The molecule has 0 aromatic heterocycles. The largest absolute Gasteiger partial charge is 0.465 e. The molecule has 0 unspecified atom stereocenters. The fraction of sp³-hybridized carbons (Fsp3) is 0.535. The van der Waals surface area contributed by atoms with Gasteiger partial charge in [0.05, 0.1) is 30.0 Å². The zero-order valence-corrected chi connectivity index (χ0v) is 33.4. The maximum Gasteiger partial charge on any atom is 0.405 e. The van der Waals surface area contributed by atoms with E-state index in [1.165, 1.54) is 13.8 Å². The topological polar surface area (TPSA) is 201 Å². The third-order valence-corrected chi connectivity index (χ3v) is 13.2. The number of ether oxygens (including phenoxy) is 5. The Hall–Kier alpha value is -5.08. The molecule has 11 atom stereocenters. The average molecular weight is 790 g/mol. The molecule has 2 saturated carbocycles. The van der Waals surface area contributed by atoms with Crippen LogP contribution in [0.4, 0.5) is 4.79 Å².